The molecule has 2 heterocycles. The van der Waals surface area contributed by atoms with Crippen LogP contribution in [0.25, 0.3) is 0 Å². The van der Waals surface area contributed by atoms with Crippen LogP contribution in [0.3, 0.4) is 0 Å². The fraction of sp³-hybridized carbons (Fsp3) is 0.200. The maximum atomic E-state index is 12.9. The molecule has 4 aromatic carbocycles. The number of carbonyl (C=O) groups is 4. The molecule has 0 N–H and O–H groups in total. The normalized spacial score (nSPS) is 12.5. The van der Waals surface area contributed by atoms with Gasteiger partial charge in [-0.05, 0) is 41.8 Å². The van der Waals surface area contributed by atoms with E-state index in [2.05, 4.69) is 19.1 Å². The number of benzene rings is 4. The van der Waals surface area contributed by atoms with E-state index in [1.807, 2.05) is 52.0 Å². The number of amides is 4. The van der Waals surface area contributed by atoms with Crippen molar-refractivity contribution in [3.8, 4) is 0 Å². The Morgan fingerprint density at radius 1 is 0.571 bits per heavy atom. The molecule has 42 heavy (non-hydrogen) atoms. The standard InChI is InChI=1S/C24H15N2O4.C7H7.2C2H6.Y/c1-25-21(27)17-9-7-14(12-19(17)22(25)28)11-15-8-10-18-20(13-15)24(30)26(23(18)29)16-5-3-2-4-6-16;1-7-5-3-2-4-6-7;2*1-2;/h3-10,12-13H,11H2,1H3;3-6H,1H3;2*1-2H3;/q2*-1;;;. The largest absolute Gasteiger partial charge is 0.277 e. The first-order valence-corrected chi connectivity index (χ1v) is 13.7. The number of aryl methyl sites for hydroxylation is 1. The van der Waals surface area contributed by atoms with Gasteiger partial charge in [0.2, 0.25) is 0 Å². The molecule has 0 aromatic heterocycles. The first kappa shape index (κ1) is 34.5. The number of hydrogen-bond donors (Lipinski definition) is 0. The fourth-order valence-electron chi connectivity index (χ4n) is 4.38. The van der Waals surface area contributed by atoms with E-state index in [0.29, 0.717) is 34.4 Å². The van der Waals surface area contributed by atoms with Crippen LogP contribution in [0.1, 0.15) is 85.8 Å². The van der Waals surface area contributed by atoms with Crippen LogP contribution < -0.4 is 4.90 Å². The van der Waals surface area contributed by atoms with E-state index >= 15 is 0 Å². The molecule has 7 heteroatoms. The first-order valence-electron chi connectivity index (χ1n) is 13.7. The number of carbonyl (C=O) groups excluding carboxylic acids is 4. The Morgan fingerprint density at radius 2 is 0.976 bits per heavy atom. The van der Waals surface area contributed by atoms with E-state index in [0.717, 1.165) is 20.9 Å². The van der Waals surface area contributed by atoms with Crippen molar-refractivity contribution < 1.29 is 51.9 Å². The monoisotopic (exact) mass is 635 g/mol. The Kier molecular flexibility index (Phi) is 13.2. The van der Waals surface area contributed by atoms with Gasteiger partial charge in [0.1, 0.15) is 0 Å². The maximum Gasteiger partial charge on any atom is 0.264 e. The molecule has 0 saturated heterocycles. The summed E-state index contributed by atoms with van der Waals surface area (Å²) in [5, 5.41) is 0. The minimum Gasteiger partial charge on any atom is -0.277 e. The van der Waals surface area contributed by atoms with Crippen molar-refractivity contribution in [3.05, 3.63) is 136 Å². The van der Waals surface area contributed by atoms with Crippen LogP contribution in [0.2, 0.25) is 0 Å². The SMILES string of the molecule is CC.CC.CN1C(=O)c2ccc(Cc3ccc4c(c3)C(=O)N(c3cc[c-]cc3)C4=O)cc2C1=O.Cc1cc[c-]cc1.[Y]. The molecule has 0 spiro atoms. The fourth-order valence-corrected chi connectivity index (χ4v) is 4.38. The van der Waals surface area contributed by atoms with Crippen molar-refractivity contribution in [1.82, 2.24) is 4.90 Å². The van der Waals surface area contributed by atoms with Gasteiger partial charge in [-0.3, -0.25) is 29.0 Å². The minimum atomic E-state index is -0.362. The quantitative estimate of drug-likeness (QED) is 0.181. The van der Waals surface area contributed by atoms with Gasteiger partial charge in [-0.25, -0.2) is 0 Å². The molecule has 2 aliphatic rings. The second-order valence-corrected chi connectivity index (χ2v) is 8.89. The molecule has 6 nitrogen and oxygen atoms in total. The Bertz CT molecular complexity index is 1550. The molecule has 2 aliphatic heterocycles. The van der Waals surface area contributed by atoms with Gasteiger partial charge >= 0.3 is 0 Å². The van der Waals surface area contributed by atoms with Crippen LogP contribution in [0.15, 0.2) is 84.9 Å². The summed E-state index contributed by atoms with van der Waals surface area (Å²) in [7, 11) is 1.46. The van der Waals surface area contributed by atoms with E-state index < -0.39 is 0 Å². The van der Waals surface area contributed by atoms with Gasteiger partial charge in [-0.15, -0.1) is 12.1 Å². The zero-order chi connectivity index (χ0) is 30.1. The molecule has 4 aromatic rings. The predicted octanol–water partition coefficient (Wildman–Crippen LogP) is 6.95. The summed E-state index contributed by atoms with van der Waals surface area (Å²) in [5.41, 5.74) is 4.99. The Morgan fingerprint density at radius 3 is 1.45 bits per heavy atom. The molecule has 213 valence electrons. The third-order valence-electron chi connectivity index (χ3n) is 6.36. The molecule has 4 amide bonds. The number of anilines is 1. The van der Waals surface area contributed by atoms with E-state index in [1.54, 1.807) is 60.7 Å². The van der Waals surface area contributed by atoms with Crippen LogP contribution in [-0.4, -0.2) is 35.6 Å². The summed E-state index contributed by atoms with van der Waals surface area (Å²) >= 11 is 0. The molecule has 0 saturated carbocycles. The molecule has 6 rings (SSSR count). The average molecular weight is 636 g/mol. The molecule has 0 aliphatic carbocycles. The summed E-state index contributed by atoms with van der Waals surface area (Å²) in [6.45, 7) is 10.1. The second-order valence-electron chi connectivity index (χ2n) is 8.89. The van der Waals surface area contributed by atoms with Gasteiger partial charge in [0.15, 0.2) is 0 Å². The summed E-state index contributed by atoms with van der Waals surface area (Å²) in [4.78, 5) is 52.2. The Balaban J connectivity index is 0.000000442. The zero-order valence-electron chi connectivity index (χ0n) is 24.9. The molecule has 0 unspecified atom stereocenters. The van der Waals surface area contributed by atoms with Crippen LogP contribution in [0.5, 0.6) is 0 Å². The van der Waals surface area contributed by atoms with Crippen LogP contribution in [0, 0.1) is 19.1 Å². The molecule has 0 bridgehead atoms. The van der Waals surface area contributed by atoms with E-state index in [1.165, 1.54) is 12.6 Å². The number of nitrogens with zero attached hydrogens (tertiary/aromatic N) is 2. The minimum absolute atomic E-state index is 0. The Labute approximate surface area is 273 Å². The van der Waals surface area contributed by atoms with Gasteiger partial charge in [-0.2, -0.15) is 54.1 Å². The van der Waals surface area contributed by atoms with Gasteiger partial charge in [0, 0.05) is 39.8 Å². The van der Waals surface area contributed by atoms with Gasteiger partial charge in [-0.1, -0.05) is 52.4 Å². The van der Waals surface area contributed by atoms with E-state index in [4.69, 9.17) is 0 Å². The van der Waals surface area contributed by atoms with Crippen molar-refractivity contribution >= 4 is 29.3 Å². The van der Waals surface area contributed by atoms with Gasteiger partial charge < -0.3 is 0 Å². The summed E-state index contributed by atoms with van der Waals surface area (Å²) < 4.78 is 0. The Hall–Kier alpha value is -3.74. The smallest absolute Gasteiger partial charge is 0.264 e. The molecular weight excluding hydrogens is 601 g/mol. The molecule has 1 radical (unpaired) electrons. The van der Waals surface area contributed by atoms with Crippen LogP contribution >= 0.6 is 0 Å². The average Bonchev–Trinajstić information content (AvgIpc) is 3.39. The molecule has 0 atom stereocenters. The van der Waals surface area contributed by atoms with Crippen molar-refractivity contribution in [2.24, 2.45) is 0 Å². The van der Waals surface area contributed by atoms with Crippen molar-refractivity contribution in [2.75, 3.05) is 11.9 Å². The third-order valence-corrected chi connectivity index (χ3v) is 6.36. The van der Waals surface area contributed by atoms with Gasteiger partial charge in [0.05, 0.1) is 22.3 Å². The topological polar surface area (TPSA) is 74.8 Å². The van der Waals surface area contributed by atoms with Crippen molar-refractivity contribution in [1.29, 1.82) is 0 Å². The zero-order valence-corrected chi connectivity index (χ0v) is 27.7. The molecule has 0 fully saturated rings. The van der Waals surface area contributed by atoms with E-state index in [-0.39, 0.29) is 56.3 Å². The van der Waals surface area contributed by atoms with E-state index in [9.17, 15) is 19.2 Å². The third kappa shape index (κ3) is 7.36. The summed E-state index contributed by atoms with van der Waals surface area (Å²) in [6.07, 6.45) is 0.466. The van der Waals surface area contributed by atoms with Crippen molar-refractivity contribution in [3.63, 3.8) is 0 Å². The number of hydrogen-bond acceptors (Lipinski definition) is 4. The summed E-state index contributed by atoms with van der Waals surface area (Å²) in [6, 6.07) is 30.7. The van der Waals surface area contributed by atoms with Crippen LogP contribution in [0.4, 0.5) is 5.69 Å². The summed E-state index contributed by atoms with van der Waals surface area (Å²) in [5.74, 6) is -1.33. The number of fused-ring (bicyclic) bond motifs is 2. The maximum absolute atomic E-state index is 12.9. The van der Waals surface area contributed by atoms with Crippen molar-refractivity contribution in [2.45, 2.75) is 41.0 Å². The molecular formula is C35H34N2O4Y-2. The number of imide groups is 2. The first-order chi connectivity index (χ1) is 19.8. The predicted molar refractivity (Wildman–Crippen MR) is 161 cm³/mol. The second kappa shape index (κ2) is 16.0. The van der Waals surface area contributed by atoms with Crippen LogP contribution in [-0.2, 0) is 39.1 Å². The number of rotatable bonds is 3. The van der Waals surface area contributed by atoms with Gasteiger partial charge in [0.25, 0.3) is 23.6 Å².